The molecule has 110 valence electrons. The molecule has 5 heteroatoms. The Morgan fingerprint density at radius 3 is 2.67 bits per heavy atom. The van der Waals surface area contributed by atoms with Crippen molar-refractivity contribution >= 4 is 11.6 Å². The number of hydrogen-bond acceptors (Lipinski definition) is 4. The Bertz CT molecular complexity index is 641. The van der Waals surface area contributed by atoms with Crippen LogP contribution in [-0.4, -0.2) is 25.1 Å². The fourth-order valence-electron chi connectivity index (χ4n) is 2.00. The van der Waals surface area contributed by atoms with E-state index >= 15 is 0 Å². The number of amides is 1. The van der Waals surface area contributed by atoms with Gasteiger partial charge < -0.3 is 14.8 Å². The minimum Gasteiger partial charge on any atom is -0.497 e. The normalized spacial score (nSPS) is 10.0. The Morgan fingerprint density at radius 1 is 1.19 bits per heavy atom. The summed E-state index contributed by atoms with van der Waals surface area (Å²) in [4.78, 5) is 16.2. The van der Waals surface area contributed by atoms with E-state index < -0.39 is 0 Å². The van der Waals surface area contributed by atoms with Gasteiger partial charge in [-0.15, -0.1) is 0 Å². The molecule has 0 saturated heterocycles. The summed E-state index contributed by atoms with van der Waals surface area (Å²) in [5.41, 5.74) is 2.40. The van der Waals surface area contributed by atoms with Gasteiger partial charge in [0.2, 0.25) is 5.91 Å². The molecular weight excluding hydrogens is 268 g/mol. The number of benzene rings is 1. The Morgan fingerprint density at radius 2 is 2.00 bits per heavy atom. The maximum atomic E-state index is 12.1. The summed E-state index contributed by atoms with van der Waals surface area (Å²) < 4.78 is 10.4. The van der Waals surface area contributed by atoms with Crippen molar-refractivity contribution in [1.29, 1.82) is 0 Å². The lowest BCUT2D eigenvalue weighted by Crippen LogP contribution is -2.15. The van der Waals surface area contributed by atoms with E-state index in [0.717, 1.165) is 16.9 Å². The summed E-state index contributed by atoms with van der Waals surface area (Å²) in [6, 6.07) is 8.98. The number of methoxy groups -OCH3 is 2. The van der Waals surface area contributed by atoms with Crippen LogP contribution >= 0.6 is 0 Å². The van der Waals surface area contributed by atoms with Crippen LogP contribution in [0.4, 0.5) is 5.69 Å². The second-order valence-corrected chi connectivity index (χ2v) is 4.59. The standard InChI is InChI=1S/C16H18N2O3/c1-11-8-13(6-7-17-11)18-16(19)9-12-4-5-14(20-2)10-15(12)21-3/h4-8,10H,9H2,1-3H3,(H,17,18,19). The van der Waals surface area contributed by atoms with Crippen molar-refractivity contribution in [2.45, 2.75) is 13.3 Å². The highest BCUT2D eigenvalue weighted by Crippen LogP contribution is 2.25. The van der Waals surface area contributed by atoms with Gasteiger partial charge in [-0.2, -0.15) is 0 Å². The van der Waals surface area contributed by atoms with E-state index in [2.05, 4.69) is 10.3 Å². The quantitative estimate of drug-likeness (QED) is 0.917. The van der Waals surface area contributed by atoms with Gasteiger partial charge in [0.1, 0.15) is 11.5 Å². The second kappa shape index (κ2) is 6.74. The molecule has 0 saturated carbocycles. The van der Waals surface area contributed by atoms with Gasteiger partial charge in [0.25, 0.3) is 0 Å². The highest BCUT2D eigenvalue weighted by Gasteiger charge is 2.10. The largest absolute Gasteiger partial charge is 0.497 e. The van der Waals surface area contributed by atoms with Gasteiger partial charge in [-0.3, -0.25) is 9.78 Å². The molecular formula is C16H18N2O3. The van der Waals surface area contributed by atoms with Crippen LogP contribution in [0, 0.1) is 6.92 Å². The number of carbonyl (C=O) groups is 1. The Labute approximate surface area is 123 Å². The van der Waals surface area contributed by atoms with Gasteiger partial charge in [0.05, 0.1) is 20.6 Å². The van der Waals surface area contributed by atoms with Crippen LogP contribution < -0.4 is 14.8 Å². The predicted molar refractivity (Wildman–Crippen MR) is 80.9 cm³/mol. The molecule has 1 amide bonds. The highest BCUT2D eigenvalue weighted by molar-refractivity contribution is 5.92. The smallest absolute Gasteiger partial charge is 0.228 e. The summed E-state index contributed by atoms with van der Waals surface area (Å²) in [6.07, 6.45) is 1.90. The zero-order chi connectivity index (χ0) is 15.2. The molecule has 0 fully saturated rings. The second-order valence-electron chi connectivity index (χ2n) is 4.59. The minimum atomic E-state index is -0.107. The predicted octanol–water partition coefficient (Wildman–Crippen LogP) is 2.59. The Hall–Kier alpha value is -2.56. The van der Waals surface area contributed by atoms with Crippen LogP contribution in [0.1, 0.15) is 11.3 Å². The van der Waals surface area contributed by atoms with E-state index in [0.29, 0.717) is 11.5 Å². The lowest BCUT2D eigenvalue weighted by molar-refractivity contribution is -0.115. The number of aryl methyl sites for hydroxylation is 1. The van der Waals surface area contributed by atoms with Gasteiger partial charge in [-0.05, 0) is 25.1 Å². The molecule has 1 heterocycles. The molecule has 0 spiro atoms. The van der Waals surface area contributed by atoms with Gasteiger partial charge in [0.15, 0.2) is 0 Å². The third-order valence-electron chi connectivity index (χ3n) is 3.03. The first-order valence-electron chi connectivity index (χ1n) is 6.56. The maximum absolute atomic E-state index is 12.1. The molecule has 0 aliphatic heterocycles. The summed E-state index contributed by atoms with van der Waals surface area (Å²) in [5.74, 6) is 1.22. The van der Waals surface area contributed by atoms with Crippen molar-refractivity contribution in [1.82, 2.24) is 4.98 Å². The fraction of sp³-hybridized carbons (Fsp3) is 0.250. The maximum Gasteiger partial charge on any atom is 0.228 e. The number of aromatic nitrogens is 1. The summed E-state index contributed by atoms with van der Waals surface area (Å²) >= 11 is 0. The number of carbonyl (C=O) groups excluding carboxylic acids is 1. The van der Waals surface area contributed by atoms with E-state index in [1.807, 2.05) is 25.1 Å². The van der Waals surface area contributed by atoms with Crippen LogP contribution in [0.5, 0.6) is 11.5 Å². The third kappa shape index (κ3) is 3.95. The number of pyridine rings is 1. The van der Waals surface area contributed by atoms with Crippen molar-refractivity contribution in [3.8, 4) is 11.5 Å². The van der Waals surface area contributed by atoms with Crippen LogP contribution in [-0.2, 0) is 11.2 Å². The molecule has 0 aliphatic carbocycles. The molecule has 0 radical (unpaired) electrons. The molecule has 21 heavy (non-hydrogen) atoms. The van der Waals surface area contributed by atoms with Crippen LogP contribution in [0.2, 0.25) is 0 Å². The van der Waals surface area contributed by atoms with E-state index in [4.69, 9.17) is 9.47 Å². The topological polar surface area (TPSA) is 60.5 Å². The number of anilines is 1. The van der Waals surface area contributed by atoms with Gasteiger partial charge in [-0.25, -0.2) is 0 Å². The number of hydrogen-bond donors (Lipinski definition) is 1. The molecule has 0 aliphatic rings. The number of nitrogens with zero attached hydrogens (tertiary/aromatic N) is 1. The molecule has 0 bridgehead atoms. The monoisotopic (exact) mass is 286 g/mol. The summed E-state index contributed by atoms with van der Waals surface area (Å²) in [6.45, 7) is 1.88. The third-order valence-corrected chi connectivity index (χ3v) is 3.03. The molecule has 2 rings (SSSR count). The zero-order valence-corrected chi connectivity index (χ0v) is 12.3. The highest BCUT2D eigenvalue weighted by atomic mass is 16.5. The zero-order valence-electron chi connectivity index (χ0n) is 12.3. The van der Waals surface area contributed by atoms with Crippen LogP contribution in [0.25, 0.3) is 0 Å². The SMILES string of the molecule is COc1ccc(CC(=O)Nc2ccnc(C)c2)c(OC)c1. The first-order valence-corrected chi connectivity index (χ1v) is 6.56. The average Bonchev–Trinajstić information content (AvgIpc) is 2.47. The number of nitrogens with one attached hydrogen (secondary N) is 1. The van der Waals surface area contributed by atoms with Crippen molar-refractivity contribution in [2.24, 2.45) is 0 Å². The first-order chi connectivity index (χ1) is 10.1. The molecule has 0 unspecified atom stereocenters. The van der Waals surface area contributed by atoms with Crippen molar-refractivity contribution in [3.05, 3.63) is 47.8 Å². The van der Waals surface area contributed by atoms with Crippen molar-refractivity contribution in [3.63, 3.8) is 0 Å². The molecule has 5 nitrogen and oxygen atoms in total. The lowest BCUT2D eigenvalue weighted by atomic mass is 10.1. The Kier molecular flexibility index (Phi) is 4.77. The first kappa shape index (κ1) is 14.8. The van der Waals surface area contributed by atoms with Crippen molar-refractivity contribution in [2.75, 3.05) is 19.5 Å². The average molecular weight is 286 g/mol. The van der Waals surface area contributed by atoms with Gasteiger partial charge in [-0.1, -0.05) is 6.07 Å². The lowest BCUT2D eigenvalue weighted by Gasteiger charge is -2.11. The number of ether oxygens (including phenoxy) is 2. The van der Waals surface area contributed by atoms with Crippen LogP contribution in [0.3, 0.4) is 0 Å². The van der Waals surface area contributed by atoms with E-state index in [9.17, 15) is 4.79 Å². The van der Waals surface area contributed by atoms with E-state index in [1.54, 1.807) is 32.5 Å². The van der Waals surface area contributed by atoms with Gasteiger partial charge in [0, 0.05) is 29.2 Å². The van der Waals surface area contributed by atoms with Crippen molar-refractivity contribution < 1.29 is 14.3 Å². The number of rotatable bonds is 5. The van der Waals surface area contributed by atoms with Gasteiger partial charge >= 0.3 is 0 Å². The molecule has 1 aromatic carbocycles. The molecule has 1 aromatic heterocycles. The van der Waals surface area contributed by atoms with Crippen LogP contribution in [0.15, 0.2) is 36.5 Å². The molecule has 2 aromatic rings. The Balaban J connectivity index is 2.09. The summed E-state index contributed by atoms with van der Waals surface area (Å²) in [7, 11) is 3.16. The fourth-order valence-corrected chi connectivity index (χ4v) is 2.00. The van der Waals surface area contributed by atoms with E-state index in [-0.39, 0.29) is 12.3 Å². The molecule has 0 atom stereocenters. The minimum absolute atomic E-state index is 0.107. The van der Waals surface area contributed by atoms with E-state index in [1.165, 1.54) is 0 Å². The summed E-state index contributed by atoms with van der Waals surface area (Å²) in [5, 5.41) is 2.85. The molecule has 1 N–H and O–H groups in total.